The Balaban J connectivity index is 1.70. The van der Waals surface area contributed by atoms with Gasteiger partial charge < -0.3 is 5.32 Å². The second-order valence-electron chi connectivity index (χ2n) is 5.14. The lowest BCUT2D eigenvalue weighted by molar-refractivity contribution is -0.115. The van der Waals surface area contributed by atoms with Crippen LogP contribution in [0.15, 0.2) is 58.9 Å². The van der Waals surface area contributed by atoms with Gasteiger partial charge in [-0.15, -0.1) is 5.10 Å². The fourth-order valence-electron chi connectivity index (χ4n) is 2.06. The van der Waals surface area contributed by atoms with Crippen molar-refractivity contribution >= 4 is 58.5 Å². The molecule has 1 aromatic heterocycles. The first-order chi connectivity index (χ1) is 12.0. The molecule has 0 radical (unpaired) electrons. The van der Waals surface area contributed by atoms with Crippen LogP contribution in [0, 0.1) is 3.95 Å². The van der Waals surface area contributed by atoms with E-state index in [9.17, 15) is 4.79 Å². The van der Waals surface area contributed by atoms with Gasteiger partial charge in [0.25, 0.3) is 0 Å². The van der Waals surface area contributed by atoms with Crippen molar-refractivity contribution in [3.8, 4) is 5.69 Å². The highest BCUT2D eigenvalue weighted by Gasteiger charge is 2.17. The van der Waals surface area contributed by atoms with Crippen LogP contribution in [0.5, 0.6) is 0 Å². The molecule has 1 heterocycles. The molecule has 1 N–H and O–H groups in total. The van der Waals surface area contributed by atoms with Gasteiger partial charge in [0, 0.05) is 10.7 Å². The van der Waals surface area contributed by atoms with E-state index in [4.69, 9.17) is 23.8 Å². The van der Waals surface area contributed by atoms with E-state index >= 15 is 0 Å². The minimum Gasteiger partial charge on any atom is -0.325 e. The molecule has 0 unspecified atom stereocenters. The molecule has 0 aliphatic carbocycles. The third kappa shape index (κ3) is 4.70. The summed E-state index contributed by atoms with van der Waals surface area (Å²) in [5.74, 6) is -0.111. The van der Waals surface area contributed by atoms with Gasteiger partial charge in [0.1, 0.15) is 0 Å². The molecule has 8 heteroatoms. The van der Waals surface area contributed by atoms with Gasteiger partial charge in [-0.1, -0.05) is 59.0 Å². The standard InChI is InChI=1S/C17H14ClN3OS3/c1-11(15(22)19-13-7-5-6-12(18)10-13)24-16-20-21(17(23)25-16)14-8-3-2-4-9-14/h2-11H,1H3,(H,19,22)/t11-/m1/s1. The minimum absolute atomic E-state index is 0.111. The lowest BCUT2D eigenvalue weighted by Crippen LogP contribution is -2.22. The van der Waals surface area contributed by atoms with Crippen molar-refractivity contribution in [1.29, 1.82) is 0 Å². The number of nitrogens with zero attached hydrogens (tertiary/aromatic N) is 2. The lowest BCUT2D eigenvalue weighted by Gasteiger charge is -2.10. The van der Waals surface area contributed by atoms with Crippen LogP contribution in [0.1, 0.15) is 6.92 Å². The highest BCUT2D eigenvalue weighted by Crippen LogP contribution is 2.28. The van der Waals surface area contributed by atoms with Crippen molar-refractivity contribution in [2.75, 3.05) is 5.32 Å². The number of aromatic nitrogens is 2. The maximum Gasteiger partial charge on any atom is 0.237 e. The van der Waals surface area contributed by atoms with Gasteiger partial charge >= 0.3 is 0 Å². The summed E-state index contributed by atoms with van der Waals surface area (Å²) in [6.07, 6.45) is 0. The molecule has 4 nitrogen and oxygen atoms in total. The quantitative estimate of drug-likeness (QED) is 0.452. The normalized spacial score (nSPS) is 11.9. The Morgan fingerprint density at radius 1 is 1.28 bits per heavy atom. The van der Waals surface area contributed by atoms with Gasteiger partial charge in [0.15, 0.2) is 8.29 Å². The van der Waals surface area contributed by atoms with Crippen molar-refractivity contribution in [3.05, 3.63) is 63.6 Å². The number of nitrogens with one attached hydrogen (secondary N) is 1. The number of para-hydroxylation sites is 1. The average molecular weight is 408 g/mol. The van der Waals surface area contributed by atoms with Gasteiger partial charge in [0.2, 0.25) is 5.91 Å². The van der Waals surface area contributed by atoms with Gasteiger partial charge in [0.05, 0.1) is 10.9 Å². The number of thioether (sulfide) groups is 1. The number of amides is 1. The maximum absolute atomic E-state index is 12.4. The summed E-state index contributed by atoms with van der Waals surface area (Å²) in [7, 11) is 0. The van der Waals surface area contributed by atoms with Crippen LogP contribution in [0.3, 0.4) is 0 Å². The molecule has 0 aliphatic heterocycles. The number of benzene rings is 2. The fraction of sp³-hybridized carbons (Fsp3) is 0.118. The molecule has 1 amide bonds. The molecular formula is C17H14ClN3OS3. The van der Waals surface area contributed by atoms with Crippen molar-refractivity contribution < 1.29 is 4.79 Å². The van der Waals surface area contributed by atoms with Gasteiger partial charge in [-0.2, -0.15) is 0 Å². The van der Waals surface area contributed by atoms with Gasteiger partial charge in [-0.05, 0) is 49.5 Å². The zero-order valence-electron chi connectivity index (χ0n) is 13.2. The summed E-state index contributed by atoms with van der Waals surface area (Å²) in [5.41, 5.74) is 1.58. The van der Waals surface area contributed by atoms with Crippen LogP contribution >= 0.6 is 46.9 Å². The minimum atomic E-state index is -0.316. The smallest absolute Gasteiger partial charge is 0.237 e. The van der Waals surface area contributed by atoms with Crippen LogP contribution in [-0.4, -0.2) is 20.9 Å². The van der Waals surface area contributed by atoms with E-state index in [0.717, 1.165) is 10.0 Å². The summed E-state index contributed by atoms with van der Waals surface area (Å²) in [4.78, 5) is 12.4. The summed E-state index contributed by atoms with van der Waals surface area (Å²) >= 11 is 14.1. The van der Waals surface area contributed by atoms with E-state index in [2.05, 4.69) is 10.4 Å². The van der Waals surface area contributed by atoms with Gasteiger partial charge in [-0.25, -0.2) is 4.68 Å². The van der Waals surface area contributed by atoms with E-state index in [1.165, 1.54) is 23.1 Å². The lowest BCUT2D eigenvalue weighted by atomic mass is 10.3. The number of halogens is 1. The zero-order chi connectivity index (χ0) is 17.8. The molecule has 3 aromatic rings. The predicted molar refractivity (Wildman–Crippen MR) is 108 cm³/mol. The van der Waals surface area contributed by atoms with E-state index in [1.807, 2.05) is 37.3 Å². The van der Waals surface area contributed by atoms with Crippen LogP contribution in [-0.2, 0) is 4.79 Å². The first kappa shape index (κ1) is 18.1. The van der Waals surface area contributed by atoms with E-state index in [-0.39, 0.29) is 11.2 Å². The van der Waals surface area contributed by atoms with Crippen molar-refractivity contribution in [2.45, 2.75) is 16.5 Å². The largest absolute Gasteiger partial charge is 0.325 e. The number of carbonyl (C=O) groups excluding carboxylic acids is 1. The SMILES string of the molecule is C[C@@H](Sc1nn(-c2ccccc2)c(=S)s1)C(=O)Nc1cccc(Cl)c1. The Kier molecular flexibility index (Phi) is 5.90. The Morgan fingerprint density at radius 3 is 2.76 bits per heavy atom. The third-order valence-corrected chi connectivity index (χ3v) is 5.92. The molecule has 0 aliphatic rings. The molecule has 0 fully saturated rings. The molecule has 1 atom stereocenters. The molecule has 2 aromatic carbocycles. The number of rotatable bonds is 5. The van der Waals surface area contributed by atoms with Gasteiger partial charge in [-0.3, -0.25) is 4.79 Å². The number of hydrogen-bond acceptors (Lipinski definition) is 5. The molecule has 3 rings (SSSR count). The van der Waals surface area contributed by atoms with Crippen molar-refractivity contribution in [2.24, 2.45) is 0 Å². The van der Waals surface area contributed by atoms with E-state index < -0.39 is 0 Å². The number of anilines is 1. The zero-order valence-corrected chi connectivity index (χ0v) is 16.4. The average Bonchev–Trinajstić information content (AvgIpc) is 2.96. The van der Waals surface area contributed by atoms with Crippen LogP contribution in [0.2, 0.25) is 5.02 Å². The van der Waals surface area contributed by atoms with E-state index in [0.29, 0.717) is 14.7 Å². The molecule has 0 bridgehead atoms. The van der Waals surface area contributed by atoms with Crippen molar-refractivity contribution in [1.82, 2.24) is 9.78 Å². The Morgan fingerprint density at radius 2 is 2.04 bits per heavy atom. The molecule has 0 saturated carbocycles. The predicted octanol–water partition coefficient (Wildman–Crippen LogP) is 5.44. The Bertz CT molecular complexity index is 940. The summed E-state index contributed by atoms with van der Waals surface area (Å²) in [6, 6.07) is 16.8. The van der Waals surface area contributed by atoms with Crippen LogP contribution < -0.4 is 5.32 Å². The highest BCUT2D eigenvalue weighted by molar-refractivity contribution is 8.02. The summed E-state index contributed by atoms with van der Waals surface area (Å²) < 4.78 is 3.11. The first-order valence-electron chi connectivity index (χ1n) is 7.41. The second-order valence-corrected chi connectivity index (χ2v) is 8.79. The Labute approximate surface area is 163 Å². The van der Waals surface area contributed by atoms with Crippen molar-refractivity contribution in [3.63, 3.8) is 0 Å². The molecule has 25 heavy (non-hydrogen) atoms. The monoisotopic (exact) mass is 407 g/mol. The summed E-state index contributed by atoms with van der Waals surface area (Å²) in [6.45, 7) is 1.84. The third-order valence-electron chi connectivity index (χ3n) is 3.27. The molecule has 128 valence electrons. The topological polar surface area (TPSA) is 46.9 Å². The fourth-order valence-corrected chi connectivity index (χ4v) is 4.75. The molecule has 0 spiro atoms. The number of hydrogen-bond donors (Lipinski definition) is 1. The second kappa shape index (κ2) is 8.14. The molecular weight excluding hydrogens is 394 g/mol. The van der Waals surface area contributed by atoms with Crippen LogP contribution in [0.25, 0.3) is 5.69 Å². The molecule has 0 saturated heterocycles. The number of carbonyl (C=O) groups is 1. The first-order valence-corrected chi connectivity index (χ1v) is 9.90. The van der Waals surface area contributed by atoms with Crippen LogP contribution in [0.4, 0.5) is 5.69 Å². The van der Waals surface area contributed by atoms with E-state index in [1.54, 1.807) is 28.9 Å². The highest BCUT2D eigenvalue weighted by atomic mass is 35.5. The summed E-state index contributed by atoms with van der Waals surface area (Å²) in [5, 5.41) is 7.64. The Hall–Kier alpha value is -1.67. The maximum atomic E-state index is 12.4.